The Morgan fingerprint density at radius 2 is 2.21 bits per heavy atom. The number of aromatic nitrogens is 2. The van der Waals surface area contributed by atoms with Crippen LogP contribution in [0.1, 0.15) is 12.2 Å². The third kappa shape index (κ3) is 4.44. The van der Waals surface area contributed by atoms with Crippen LogP contribution in [0.3, 0.4) is 0 Å². The van der Waals surface area contributed by atoms with Gasteiger partial charge in [0.15, 0.2) is 5.13 Å². The number of anilines is 1. The van der Waals surface area contributed by atoms with E-state index in [0.717, 1.165) is 29.4 Å². The normalized spacial score (nSPS) is 27.0. The Hall–Kier alpha value is -3.01. The van der Waals surface area contributed by atoms with Crippen molar-refractivity contribution in [3.05, 3.63) is 29.2 Å². The van der Waals surface area contributed by atoms with Gasteiger partial charge in [-0.05, 0) is 11.6 Å². The van der Waals surface area contributed by atoms with Crippen molar-refractivity contribution in [1.29, 1.82) is 0 Å². The molecule has 0 bridgehead atoms. The number of nitrogens with two attached hydrogens (primary N) is 1. The summed E-state index contributed by atoms with van der Waals surface area (Å²) in [5.74, 6) is -2.89. The smallest absolute Gasteiger partial charge is 0.278 e. The van der Waals surface area contributed by atoms with Crippen LogP contribution in [-0.2, 0) is 19.2 Å². The third-order valence-corrected chi connectivity index (χ3v) is 7.18. The molecule has 4 N–H and O–H groups in total. The molecule has 176 valence electrons. The average Bonchev–Trinajstić information content (AvgIpc) is 3.34. The number of rotatable bonds is 6. The van der Waals surface area contributed by atoms with Crippen molar-refractivity contribution in [3.8, 4) is 0 Å². The van der Waals surface area contributed by atoms with Crippen LogP contribution in [0.5, 0.6) is 0 Å². The molecule has 0 saturated carbocycles. The minimum atomic E-state index is -1.48. The van der Waals surface area contributed by atoms with Crippen molar-refractivity contribution < 1.29 is 34.2 Å². The second-order valence-corrected chi connectivity index (χ2v) is 9.90. The molecule has 0 radical (unpaired) electrons. The summed E-state index contributed by atoms with van der Waals surface area (Å²) in [5, 5.41) is 25.8. The van der Waals surface area contributed by atoms with Gasteiger partial charge in [0, 0.05) is 23.7 Å². The van der Waals surface area contributed by atoms with Crippen molar-refractivity contribution in [2.45, 2.75) is 23.9 Å². The number of hydrogen-bond acceptors (Lipinski definition) is 12. The van der Waals surface area contributed by atoms with Crippen molar-refractivity contribution in [2.75, 3.05) is 32.1 Å². The topological polar surface area (TPSA) is 183 Å². The minimum absolute atomic E-state index is 0.0718. The lowest BCUT2D eigenvalue weighted by molar-refractivity contribution is -1.06. The number of amides is 2. The van der Waals surface area contributed by atoms with Crippen LogP contribution in [0, 0.1) is 0 Å². The number of thioether (sulfide) groups is 1. The highest BCUT2D eigenvalue weighted by Crippen LogP contribution is 2.40. The molecule has 1 aromatic rings. The number of nitrogen functional groups attached to an aromatic ring is 1. The van der Waals surface area contributed by atoms with Crippen molar-refractivity contribution in [1.82, 2.24) is 19.6 Å². The van der Waals surface area contributed by atoms with Crippen molar-refractivity contribution in [2.24, 2.45) is 5.16 Å². The summed E-state index contributed by atoms with van der Waals surface area (Å²) in [5.41, 5.74) is 5.17. The fraction of sp³-hybridized carbons (Fsp3) is 0.444. The van der Waals surface area contributed by atoms with E-state index in [9.17, 15) is 24.7 Å². The number of hydrogen-bond donors (Lipinski definition) is 3. The quantitative estimate of drug-likeness (QED) is 0.132. The number of nitrogens with zero attached hydrogens (tertiary/aromatic N) is 5. The first-order chi connectivity index (χ1) is 15.6. The molecule has 1 aromatic heterocycles. The zero-order valence-electron chi connectivity index (χ0n) is 17.6. The summed E-state index contributed by atoms with van der Waals surface area (Å²) in [6, 6.07) is -1.02. The van der Waals surface area contributed by atoms with Gasteiger partial charge in [-0.1, -0.05) is 11.2 Å². The highest BCUT2D eigenvalue weighted by molar-refractivity contribution is 8.00. The molecule has 3 aliphatic rings. The Balaban J connectivity index is 1.48. The van der Waals surface area contributed by atoms with Gasteiger partial charge in [-0.3, -0.25) is 14.5 Å². The predicted octanol–water partition coefficient (Wildman–Crippen LogP) is -1.96. The van der Waals surface area contributed by atoms with Crippen LogP contribution in [0.2, 0.25) is 0 Å². The number of oxime groups is 1. The van der Waals surface area contributed by atoms with Gasteiger partial charge < -0.3 is 26.2 Å². The lowest BCUT2D eigenvalue weighted by Crippen LogP contribution is -2.71. The van der Waals surface area contributed by atoms with Crippen molar-refractivity contribution in [3.63, 3.8) is 0 Å². The first kappa shape index (κ1) is 23.2. The monoisotopic (exact) mass is 495 g/mol. The first-order valence-corrected chi connectivity index (χ1v) is 11.6. The Labute approximate surface area is 196 Å². The molecular formula is C18H21N7O6S2. The van der Waals surface area contributed by atoms with E-state index in [2.05, 4.69) is 19.8 Å². The largest absolute Gasteiger partial charge is 0.543 e. The number of carbonyl (C=O) groups is 3. The molecule has 3 aliphatic heterocycles. The molecule has 2 fully saturated rings. The number of allylic oxidation sites excluding steroid dienone is 1. The summed E-state index contributed by atoms with van der Waals surface area (Å²) in [7, 11) is 3.86. The fourth-order valence-corrected chi connectivity index (χ4v) is 5.51. The van der Waals surface area contributed by atoms with E-state index in [1.807, 2.05) is 14.1 Å². The fourth-order valence-electron chi connectivity index (χ4n) is 3.76. The van der Waals surface area contributed by atoms with E-state index in [0.29, 0.717) is 10.2 Å². The highest BCUT2D eigenvalue weighted by atomic mass is 32.2. The Kier molecular flexibility index (Phi) is 6.13. The molecule has 0 unspecified atom stereocenters. The molecule has 4 rings (SSSR count). The first-order valence-electron chi connectivity index (χ1n) is 9.82. The second kappa shape index (κ2) is 8.74. The maximum absolute atomic E-state index is 12.8. The maximum Gasteiger partial charge on any atom is 0.278 e. The summed E-state index contributed by atoms with van der Waals surface area (Å²) < 4.78 is 4.22. The number of hydroxylamine groups is 3. The van der Waals surface area contributed by atoms with Gasteiger partial charge >= 0.3 is 0 Å². The zero-order chi connectivity index (χ0) is 23.9. The molecule has 0 aliphatic carbocycles. The molecule has 33 heavy (non-hydrogen) atoms. The number of nitrogens with one attached hydrogen (secondary N) is 1. The molecule has 13 nitrogen and oxygen atoms in total. The van der Waals surface area contributed by atoms with Crippen molar-refractivity contribution >= 4 is 51.9 Å². The number of aliphatic carboxylic acids is 1. The van der Waals surface area contributed by atoms with Gasteiger partial charge in [0.05, 0.1) is 25.8 Å². The second-order valence-electron chi connectivity index (χ2n) is 8.02. The molecule has 0 spiro atoms. The lowest BCUT2D eigenvalue weighted by atomic mass is 10.0. The molecule has 15 heteroatoms. The van der Waals surface area contributed by atoms with E-state index in [1.165, 1.54) is 11.8 Å². The van der Waals surface area contributed by atoms with Crippen LogP contribution in [0.4, 0.5) is 5.13 Å². The van der Waals surface area contributed by atoms with E-state index in [-0.39, 0.29) is 28.5 Å². The number of carbonyl (C=O) groups excluding carboxylic acids is 3. The minimum Gasteiger partial charge on any atom is -0.543 e. The van der Waals surface area contributed by atoms with Gasteiger partial charge in [0.2, 0.25) is 11.5 Å². The molecule has 2 amide bonds. The predicted molar refractivity (Wildman–Crippen MR) is 115 cm³/mol. The Morgan fingerprint density at radius 1 is 1.45 bits per heavy atom. The summed E-state index contributed by atoms with van der Waals surface area (Å²) in [6.45, 7) is 0.826. The summed E-state index contributed by atoms with van der Waals surface area (Å²) >= 11 is 2.10. The lowest BCUT2D eigenvalue weighted by Gasteiger charge is -2.50. The molecule has 4 heterocycles. The number of fused-ring (bicyclic) bond motifs is 1. The van der Waals surface area contributed by atoms with Crippen LogP contribution < -0.4 is 16.2 Å². The molecular weight excluding hydrogens is 474 g/mol. The van der Waals surface area contributed by atoms with Gasteiger partial charge in [-0.15, -0.1) is 11.8 Å². The van der Waals surface area contributed by atoms with E-state index < -0.39 is 34.9 Å². The third-order valence-electron chi connectivity index (χ3n) is 5.33. The van der Waals surface area contributed by atoms with Crippen LogP contribution in [-0.4, -0.2) is 91.5 Å². The van der Waals surface area contributed by atoms with E-state index >= 15 is 0 Å². The van der Waals surface area contributed by atoms with Gasteiger partial charge in [-0.25, -0.2) is 0 Å². The zero-order valence-corrected chi connectivity index (χ0v) is 19.3. The SMILES string of the molecule is C[N+]1(C)CC[C@@H](/C=C/C2=C(C(=O)[O-])N3C(=O)[C@@H](NC(=O)/C(=N\O)c4nsc(N)n4)[C@H]3SC2)O1. The summed E-state index contributed by atoms with van der Waals surface area (Å²) in [6.07, 6.45) is 4.06. The highest BCUT2D eigenvalue weighted by Gasteiger charge is 2.53. The van der Waals surface area contributed by atoms with Crippen LogP contribution in [0.25, 0.3) is 0 Å². The van der Waals surface area contributed by atoms with Gasteiger partial charge in [0.25, 0.3) is 11.8 Å². The average molecular weight is 496 g/mol. The van der Waals surface area contributed by atoms with E-state index in [1.54, 1.807) is 12.2 Å². The van der Waals surface area contributed by atoms with Crippen LogP contribution >= 0.6 is 23.3 Å². The molecule has 0 aromatic carbocycles. The van der Waals surface area contributed by atoms with E-state index in [4.69, 9.17) is 10.6 Å². The Morgan fingerprint density at radius 3 is 2.79 bits per heavy atom. The molecule has 2 saturated heterocycles. The Bertz CT molecular complexity index is 1100. The van der Waals surface area contributed by atoms with Gasteiger partial charge in [0.1, 0.15) is 24.1 Å². The number of carboxylic acid groups (broad SMARTS) is 1. The number of quaternary nitrogens is 1. The number of carboxylic acids is 1. The number of β-lactam (4-membered cyclic amide) rings is 1. The molecule has 3 atom stereocenters. The summed E-state index contributed by atoms with van der Waals surface area (Å²) in [4.78, 5) is 47.9. The maximum atomic E-state index is 12.8. The van der Waals surface area contributed by atoms with Crippen LogP contribution in [0.15, 0.2) is 28.6 Å². The standard InChI is InChI=1S/C18H21N7O6S2/c1-25(2)6-5-9(31-25)4-3-8-7-32-16-11(15(27)24(16)12(8)17(28)29)20-14(26)10(22-30)13-21-18(19)33-23-13/h3-4,9,11,16H,5-7H2,1-2H3,(H4-,19,20,21,23,26,28,29,30)/b4-3+/t9-,11-,16-/m1/s1. The van der Waals surface area contributed by atoms with Gasteiger partial charge in [-0.2, -0.15) is 18.8 Å².